The molecule has 0 aliphatic heterocycles. The highest BCUT2D eigenvalue weighted by atomic mass is 16.5. The number of benzene rings is 1. The highest BCUT2D eigenvalue weighted by Crippen LogP contribution is 2.13. The molecule has 26 heavy (non-hydrogen) atoms. The molecule has 0 saturated carbocycles. The number of hydrogen-bond donors (Lipinski definition) is 0. The zero-order chi connectivity index (χ0) is 18.5. The molecule has 0 aromatic heterocycles. The average Bonchev–Trinajstić information content (AvgIpc) is 2.68. The summed E-state index contributed by atoms with van der Waals surface area (Å²) >= 11 is 0. The maximum Gasteiger partial charge on any atom is 0.0650 e. The van der Waals surface area contributed by atoms with E-state index < -0.39 is 0 Å². The third-order valence-electron chi connectivity index (χ3n) is 4.97. The number of unbranched alkanes of at least 4 members (excludes halogenated alkanes) is 13. The Hall–Kier alpha value is -1.08. The van der Waals surface area contributed by atoms with Crippen molar-refractivity contribution in [2.24, 2.45) is 0 Å². The van der Waals surface area contributed by atoms with E-state index in [1.54, 1.807) is 0 Å². The topological polar surface area (TPSA) is 9.23 Å². The van der Waals surface area contributed by atoms with Crippen molar-refractivity contribution in [3.8, 4) is 0 Å². The summed E-state index contributed by atoms with van der Waals surface area (Å²) in [6.45, 7) is 3.92. The second-order valence-electron chi connectivity index (χ2n) is 7.48. The molecule has 0 spiro atoms. The SMILES string of the molecule is CCCCCCCCCCCCCCCCOC/C=C/c1ccccc1. The highest BCUT2D eigenvalue weighted by Gasteiger charge is 1.94. The first-order valence-corrected chi connectivity index (χ1v) is 11.2. The first-order valence-electron chi connectivity index (χ1n) is 11.2. The van der Waals surface area contributed by atoms with Gasteiger partial charge in [0.15, 0.2) is 0 Å². The molecule has 0 amide bonds. The van der Waals surface area contributed by atoms with Gasteiger partial charge in [-0.05, 0) is 12.0 Å². The van der Waals surface area contributed by atoms with Crippen LogP contribution >= 0.6 is 0 Å². The van der Waals surface area contributed by atoms with Crippen molar-refractivity contribution < 1.29 is 4.74 Å². The maximum atomic E-state index is 5.68. The van der Waals surface area contributed by atoms with Crippen molar-refractivity contribution in [1.29, 1.82) is 0 Å². The predicted molar refractivity (Wildman–Crippen MR) is 117 cm³/mol. The molecule has 0 fully saturated rings. The Morgan fingerprint density at radius 3 is 1.69 bits per heavy atom. The number of hydrogen-bond acceptors (Lipinski definition) is 1. The van der Waals surface area contributed by atoms with Crippen LogP contribution in [0.15, 0.2) is 36.4 Å². The fraction of sp³-hybridized carbons (Fsp3) is 0.680. The predicted octanol–water partition coefficient (Wildman–Crippen LogP) is 8.20. The van der Waals surface area contributed by atoms with E-state index in [0.717, 1.165) is 13.2 Å². The molecule has 1 aromatic rings. The van der Waals surface area contributed by atoms with Crippen molar-refractivity contribution in [2.75, 3.05) is 13.2 Å². The zero-order valence-corrected chi connectivity index (χ0v) is 17.3. The van der Waals surface area contributed by atoms with E-state index in [4.69, 9.17) is 4.74 Å². The van der Waals surface area contributed by atoms with Crippen LogP contribution in [-0.4, -0.2) is 13.2 Å². The van der Waals surface area contributed by atoms with E-state index in [0.29, 0.717) is 0 Å². The van der Waals surface area contributed by atoms with Crippen LogP contribution in [0.3, 0.4) is 0 Å². The minimum Gasteiger partial charge on any atom is -0.377 e. The van der Waals surface area contributed by atoms with Gasteiger partial charge in [-0.3, -0.25) is 0 Å². The Bertz CT molecular complexity index is 409. The van der Waals surface area contributed by atoms with Crippen LogP contribution in [0.5, 0.6) is 0 Å². The van der Waals surface area contributed by atoms with E-state index in [9.17, 15) is 0 Å². The van der Waals surface area contributed by atoms with E-state index >= 15 is 0 Å². The first kappa shape index (κ1) is 23.0. The van der Waals surface area contributed by atoms with Crippen LogP contribution in [-0.2, 0) is 4.74 Å². The zero-order valence-electron chi connectivity index (χ0n) is 17.3. The van der Waals surface area contributed by atoms with Gasteiger partial charge in [0.05, 0.1) is 6.61 Å². The lowest BCUT2D eigenvalue weighted by Gasteiger charge is -2.03. The first-order chi connectivity index (χ1) is 12.9. The summed E-state index contributed by atoms with van der Waals surface area (Å²) in [5.74, 6) is 0. The lowest BCUT2D eigenvalue weighted by molar-refractivity contribution is 0.157. The molecule has 0 radical (unpaired) electrons. The molecule has 1 rings (SSSR count). The van der Waals surface area contributed by atoms with Gasteiger partial charge in [0, 0.05) is 6.61 Å². The Morgan fingerprint density at radius 1 is 0.654 bits per heavy atom. The summed E-state index contributed by atoms with van der Waals surface area (Å²) in [5.41, 5.74) is 1.24. The molecule has 0 aliphatic rings. The van der Waals surface area contributed by atoms with Crippen LogP contribution in [0, 0.1) is 0 Å². The molecular weight excluding hydrogens is 316 g/mol. The number of rotatable bonds is 18. The van der Waals surface area contributed by atoms with Gasteiger partial charge in [0.1, 0.15) is 0 Å². The van der Waals surface area contributed by atoms with Gasteiger partial charge in [0.25, 0.3) is 0 Å². The summed E-state index contributed by atoms with van der Waals surface area (Å²) in [4.78, 5) is 0. The van der Waals surface area contributed by atoms with Gasteiger partial charge in [-0.15, -0.1) is 0 Å². The lowest BCUT2D eigenvalue weighted by Crippen LogP contribution is -1.94. The van der Waals surface area contributed by atoms with Crippen LogP contribution < -0.4 is 0 Å². The molecule has 0 bridgehead atoms. The molecule has 1 heteroatoms. The summed E-state index contributed by atoms with van der Waals surface area (Å²) in [6.07, 6.45) is 23.9. The maximum absolute atomic E-state index is 5.68. The van der Waals surface area contributed by atoms with Gasteiger partial charge in [-0.2, -0.15) is 0 Å². The van der Waals surface area contributed by atoms with Crippen LogP contribution in [0.1, 0.15) is 102 Å². The highest BCUT2D eigenvalue weighted by molar-refractivity contribution is 5.48. The monoisotopic (exact) mass is 358 g/mol. The fourth-order valence-corrected chi connectivity index (χ4v) is 3.30. The van der Waals surface area contributed by atoms with Crippen molar-refractivity contribution in [3.63, 3.8) is 0 Å². The second kappa shape index (κ2) is 18.7. The van der Waals surface area contributed by atoms with Crippen molar-refractivity contribution in [2.45, 2.75) is 96.8 Å². The summed E-state index contributed by atoms with van der Waals surface area (Å²) in [7, 11) is 0. The van der Waals surface area contributed by atoms with Gasteiger partial charge in [-0.25, -0.2) is 0 Å². The van der Waals surface area contributed by atoms with Gasteiger partial charge in [-0.1, -0.05) is 133 Å². The molecule has 0 unspecified atom stereocenters. The summed E-state index contributed by atoms with van der Waals surface area (Å²) < 4.78 is 5.68. The second-order valence-corrected chi connectivity index (χ2v) is 7.48. The van der Waals surface area contributed by atoms with E-state index in [2.05, 4.69) is 43.3 Å². The Morgan fingerprint density at radius 2 is 1.15 bits per heavy atom. The largest absolute Gasteiger partial charge is 0.377 e. The molecular formula is C25H42O. The van der Waals surface area contributed by atoms with E-state index in [1.165, 1.54) is 95.5 Å². The van der Waals surface area contributed by atoms with Gasteiger partial charge >= 0.3 is 0 Å². The molecule has 0 saturated heterocycles. The standard InChI is InChI=1S/C25H42O/c1-2-3-4-5-6-7-8-9-10-11-12-13-14-18-23-26-24-19-22-25-20-16-15-17-21-25/h15-17,19-22H,2-14,18,23-24H2,1H3/b22-19+. The van der Waals surface area contributed by atoms with E-state index in [-0.39, 0.29) is 0 Å². The molecule has 148 valence electrons. The third-order valence-corrected chi connectivity index (χ3v) is 4.97. The van der Waals surface area contributed by atoms with Crippen LogP contribution in [0.4, 0.5) is 0 Å². The molecule has 0 N–H and O–H groups in total. The third kappa shape index (κ3) is 15.2. The van der Waals surface area contributed by atoms with E-state index in [1.807, 2.05) is 6.07 Å². The van der Waals surface area contributed by atoms with Crippen molar-refractivity contribution in [1.82, 2.24) is 0 Å². The Balaban J connectivity index is 1.73. The Labute approximate surface area is 163 Å². The van der Waals surface area contributed by atoms with Crippen LogP contribution in [0.25, 0.3) is 6.08 Å². The summed E-state index contributed by atoms with van der Waals surface area (Å²) in [6, 6.07) is 10.4. The smallest absolute Gasteiger partial charge is 0.0650 e. The van der Waals surface area contributed by atoms with Crippen molar-refractivity contribution >= 4 is 6.08 Å². The quantitative estimate of drug-likeness (QED) is 0.240. The average molecular weight is 359 g/mol. The van der Waals surface area contributed by atoms with Crippen LogP contribution in [0.2, 0.25) is 0 Å². The molecule has 0 atom stereocenters. The fourth-order valence-electron chi connectivity index (χ4n) is 3.30. The van der Waals surface area contributed by atoms with Gasteiger partial charge < -0.3 is 4.74 Å². The minimum absolute atomic E-state index is 0.730. The molecule has 1 aromatic carbocycles. The van der Waals surface area contributed by atoms with Crippen molar-refractivity contribution in [3.05, 3.63) is 42.0 Å². The Kier molecular flexibility index (Phi) is 16.5. The number of ether oxygens (including phenoxy) is 1. The molecule has 0 heterocycles. The molecule has 1 nitrogen and oxygen atoms in total. The lowest BCUT2D eigenvalue weighted by atomic mass is 10.0. The normalized spacial score (nSPS) is 11.4. The summed E-state index contributed by atoms with van der Waals surface area (Å²) in [5, 5.41) is 0. The minimum atomic E-state index is 0.730. The molecule has 0 aliphatic carbocycles. The van der Waals surface area contributed by atoms with Gasteiger partial charge in [0.2, 0.25) is 0 Å².